The number of nitrogens with one attached hydrogen (secondary N) is 2. The van der Waals surface area contributed by atoms with E-state index in [9.17, 15) is 18.0 Å². The van der Waals surface area contributed by atoms with Gasteiger partial charge in [-0.2, -0.15) is 5.10 Å². The zero-order chi connectivity index (χ0) is 22.9. The molecule has 0 spiro atoms. The predicted molar refractivity (Wildman–Crippen MR) is 114 cm³/mol. The van der Waals surface area contributed by atoms with Crippen LogP contribution < -0.4 is 10.9 Å². The summed E-state index contributed by atoms with van der Waals surface area (Å²) in [6.45, 7) is 9.99. The standard InChI is InChI=1S/C20H29N5O4S/c1-13(2)17-12-16(23-25(17)20(3,4)5)19(27)22-21-18(26)14-9-8-10-15(11-14)30(28,29)24(6)7/h8-13H,1-7H3,(H,21,26)(H,22,27). The second-order valence-electron chi connectivity index (χ2n) is 8.42. The van der Waals surface area contributed by atoms with Gasteiger partial charge in [0.25, 0.3) is 11.8 Å². The van der Waals surface area contributed by atoms with E-state index in [2.05, 4.69) is 16.0 Å². The molecule has 30 heavy (non-hydrogen) atoms. The number of rotatable bonds is 5. The number of hydrazine groups is 1. The molecule has 0 saturated carbocycles. The van der Waals surface area contributed by atoms with Gasteiger partial charge in [-0.05, 0) is 51.0 Å². The third kappa shape index (κ3) is 5.06. The number of carbonyl (C=O) groups is 2. The molecule has 0 fully saturated rings. The molecule has 0 aliphatic rings. The fourth-order valence-electron chi connectivity index (χ4n) is 2.71. The molecule has 0 radical (unpaired) electrons. The summed E-state index contributed by atoms with van der Waals surface area (Å²) in [5.74, 6) is -1.04. The van der Waals surface area contributed by atoms with E-state index < -0.39 is 21.8 Å². The van der Waals surface area contributed by atoms with Crippen molar-refractivity contribution in [2.24, 2.45) is 0 Å². The van der Waals surface area contributed by atoms with Gasteiger partial charge in [0.05, 0.1) is 10.4 Å². The maximum atomic E-state index is 12.5. The van der Waals surface area contributed by atoms with E-state index in [4.69, 9.17) is 0 Å². The molecule has 1 aromatic carbocycles. The monoisotopic (exact) mass is 435 g/mol. The SMILES string of the molecule is CC(C)c1cc(C(=O)NNC(=O)c2cccc(S(=O)(=O)N(C)C)c2)nn1C(C)(C)C. The molecule has 10 heteroatoms. The smallest absolute Gasteiger partial charge is 0.267 e. The maximum absolute atomic E-state index is 12.5. The van der Waals surface area contributed by atoms with Crippen LogP contribution in [0, 0.1) is 0 Å². The van der Waals surface area contributed by atoms with E-state index in [1.54, 1.807) is 10.7 Å². The Bertz CT molecular complexity index is 1050. The Morgan fingerprint density at radius 3 is 2.17 bits per heavy atom. The molecule has 1 aromatic heterocycles. The largest absolute Gasteiger partial charge is 0.290 e. The highest BCUT2D eigenvalue weighted by molar-refractivity contribution is 7.89. The van der Waals surface area contributed by atoms with Crippen LogP contribution in [0.5, 0.6) is 0 Å². The summed E-state index contributed by atoms with van der Waals surface area (Å²) in [6, 6.07) is 7.27. The average Bonchev–Trinajstić information content (AvgIpc) is 3.12. The number of hydrogen-bond donors (Lipinski definition) is 2. The summed E-state index contributed by atoms with van der Waals surface area (Å²) in [4.78, 5) is 24.9. The van der Waals surface area contributed by atoms with Crippen molar-refractivity contribution in [3.63, 3.8) is 0 Å². The molecule has 2 rings (SSSR count). The number of amides is 2. The molecule has 0 bridgehead atoms. The second-order valence-corrected chi connectivity index (χ2v) is 10.6. The molecule has 9 nitrogen and oxygen atoms in total. The molecule has 1 heterocycles. The minimum absolute atomic E-state index is 0.0167. The van der Waals surface area contributed by atoms with Crippen LogP contribution in [0.15, 0.2) is 35.2 Å². The van der Waals surface area contributed by atoms with Crippen molar-refractivity contribution in [2.45, 2.75) is 51.0 Å². The molecule has 0 atom stereocenters. The van der Waals surface area contributed by atoms with E-state index in [1.165, 1.54) is 38.4 Å². The molecule has 164 valence electrons. The number of carbonyl (C=O) groups excluding carboxylic acids is 2. The van der Waals surface area contributed by atoms with Gasteiger partial charge < -0.3 is 0 Å². The summed E-state index contributed by atoms with van der Waals surface area (Å²) in [7, 11) is -0.864. The Labute approximate surface area is 177 Å². The van der Waals surface area contributed by atoms with Crippen molar-refractivity contribution in [3.8, 4) is 0 Å². The molecule has 0 aliphatic heterocycles. The van der Waals surface area contributed by atoms with Gasteiger partial charge in [0.15, 0.2) is 5.69 Å². The number of hydrogen-bond acceptors (Lipinski definition) is 5. The first kappa shape index (κ1) is 23.6. The van der Waals surface area contributed by atoms with Crippen LogP contribution in [0.25, 0.3) is 0 Å². The van der Waals surface area contributed by atoms with Gasteiger partial charge in [-0.15, -0.1) is 0 Å². The highest BCUT2D eigenvalue weighted by Gasteiger charge is 2.24. The Kier molecular flexibility index (Phi) is 6.73. The van der Waals surface area contributed by atoms with E-state index in [1.807, 2.05) is 34.6 Å². The van der Waals surface area contributed by atoms with Gasteiger partial charge in [-0.3, -0.25) is 25.1 Å². The normalized spacial score (nSPS) is 12.3. The third-order valence-corrected chi connectivity index (χ3v) is 6.17. The lowest BCUT2D eigenvalue weighted by Gasteiger charge is -2.23. The molecule has 0 unspecified atom stereocenters. The average molecular weight is 436 g/mol. The van der Waals surface area contributed by atoms with E-state index >= 15 is 0 Å². The third-order valence-electron chi connectivity index (χ3n) is 4.36. The Hall–Kier alpha value is -2.72. The lowest BCUT2D eigenvalue weighted by Crippen LogP contribution is -2.42. The lowest BCUT2D eigenvalue weighted by molar-refractivity contribution is 0.0843. The Morgan fingerprint density at radius 2 is 1.67 bits per heavy atom. The number of nitrogens with zero attached hydrogens (tertiary/aromatic N) is 3. The summed E-state index contributed by atoms with van der Waals surface area (Å²) in [6.07, 6.45) is 0. The number of benzene rings is 1. The van der Waals surface area contributed by atoms with Gasteiger partial charge in [-0.25, -0.2) is 12.7 Å². The van der Waals surface area contributed by atoms with Crippen LogP contribution in [0.3, 0.4) is 0 Å². The molecular formula is C20H29N5O4S. The molecule has 0 aliphatic carbocycles. The van der Waals surface area contributed by atoms with Crippen molar-refractivity contribution < 1.29 is 18.0 Å². The first-order valence-corrected chi connectivity index (χ1v) is 10.9. The fraction of sp³-hybridized carbons (Fsp3) is 0.450. The Morgan fingerprint density at radius 1 is 1.07 bits per heavy atom. The summed E-state index contributed by atoms with van der Waals surface area (Å²) >= 11 is 0. The first-order chi connectivity index (χ1) is 13.7. The topological polar surface area (TPSA) is 113 Å². The summed E-state index contributed by atoms with van der Waals surface area (Å²) < 4.78 is 27.3. The maximum Gasteiger partial charge on any atom is 0.290 e. The van der Waals surface area contributed by atoms with Crippen LogP contribution in [0.4, 0.5) is 0 Å². The molecule has 2 N–H and O–H groups in total. The fourth-order valence-corrected chi connectivity index (χ4v) is 3.66. The molecule has 2 aromatic rings. The number of sulfonamides is 1. The van der Waals surface area contributed by atoms with Crippen molar-refractivity contribution >= 4 is 21.8 Å². The van der Waals surface area contributed by atoms with Crippen LogP contribution in [0.2, 0.25) is 0 Å². The Balaban J connectivity index is 2.17. The summed E-state index contributed by atoms with van der Waals surface area (Å²) in [5, 5.41) is 4.39. The van der Waals surface area contributed by atoms with Crippen LogP contribution in [0.1, 0.15) is 67.1 Å². The minimum Gasteiger partial charge on any atom is -0.267 e. The quantitative estimate of drug-likeness (QED) is 0.698. The van der Waals surface area contributed by atoms with Gasteiger partial charge >= 0.3 is 0 Å². The van der Waals surface area contributed by atoms with Gasteiger partial charge in [-0.1, -0.05) is 19.9 Å². The van der Waals surface area contributed by atoms with Gasteiger partial charge in [0.2, 0.25) is 10.0 Å². The molecular weight excluding hydrogens is 406 g/mol. The van der Waals surface area contributed by atoms with E-state index in [0.717, 1.165) is 10.00 Å². The highest BCUT2D eigenvalue weighted by atomic mass is 32.2. The second kappa shape index (κ2) is 8.57. The van der Waals surface area contributed by atoms with Crippen molar-refractivity contribution in [3.05, 3.63) is 47.3 Å². The summed E-state index contributed by atoms with van der Waals surface area (Å²) in [5.41, 5.74) is 5.52. The van der Waals surface area contributed by atoms with E-state index in [0.29, 0.717) is 0 Å². The van der Waals surface area contributed by atoms with E-state index in [-0.39, 0.29) is 27.6 Å². The number of aromatic nitrogens is 2. The lowest BCUT2D eigenvalue weighted by atomic mass is 10.1. The van der Waals surface area contributed by atoms with Crippen LogP contribution >= 0.6 is 0 Å². The first-order valence-electron chi connectivity index (χ1n) is 9.49. The predicted octanol–water partition coefficient (Wildman–Crippen LogP) is 2.09. The van der Waals surface area contributed by atoms with Crippen molar-refractivity contribution in [1.29, 1.82) is 0 Å². The zero-order valence-corrected chi connectivity index (χ0v) is 19.2. The van der Waals surface area contributed by atoms with Gasteiger partial charge in [0, 0.05) is 25.4 Å². The van der Waals surface area contributed by atoms with Crippen LogP contribution in [-0.4, -0.2) is 48.4 Å². The van der Waals surface area contributed by atoms with Crippen molar-refractivity contribution in [2.75, 3.05) is 14.1 Å². The minimum atomic E-state index is -3.68. The van der Waals surface area contributed by atoms with Crippen LogP contribution in [-0.2, 0) is 15.6 Å². The van der Waals surface area contributed by atoms with Gasteiger partial charge in [0.1, 0.15) is 0 Å². The zero-order valence-electron chi connectivity index (χ0n) is 18.3. The molecule has 2 amide bonds. The van der Waals surface area contributed by atoms with Crippen molar-refractivity contribution in [1.82, 2.24) is 24.9 Å². The molecule has 0 saturated heterocycles. The highest BCUT2D eigenvalue weighted by Crippen LogP contribution is 2.23.